The topological polar surface area (TPSA) is 61.0 Å². The fourth-order valence-electron chi connectivity index (χ4n) is 1.62. The van der Waals surface area contributed by atoms with E-state index in [1.54, 1.807) is 6.07 Å². The van der Waals surface area contributed by atoms with Crippen molar-refractivity contribution in [3.63, 3.8) is 0 Å². The first kappa shape index (κ1) is 13.7. The number of carbonyl (C=O) groups is 1. The van der Waals surface area contributed by atoms with Crippen molar-refractivity contribution in [3.8, 4) is 0 Å². The summed E-state index contributed by atoms with van der Waals surface area (Å²) in [5, 5.41) is 9.68. The summed E-state index contributed by atoms with van der Waals surface area (Å²) >= 11 is 0. The Balaban J connectivity index is 2.34. The minimum Gasteiger partial charge on any atom is -0.349 e. The highest BCUT2D eigenvalue weighted by molar-refractivity contribution is 5.92. The lowest BCUT2D eigenvalue weighted by Crippen LogP contribution is -2.34. The van der Waals surface area contributed by atoms with Gasteiger partial charge >= 0.3 is 0 Å². The van der Waals surface area contributed by atoms with Crippen molar-refractivity contribution in [3.05, 3.63) is 17.5 Å². The first-order valence-corrected chi connectivity index (χ1v) is 6.26. The van der Waals surface area contributed by atoms with Crippen molar-refractivity contribution >= 4 is 5.91 Å². The van der Waals surface area contributed by atoms with Crippen molar-refractivity contribution in [2.75, 3.05) is 26.2 Å². The van der Waals surface area contributed by atoms with Crippen LogP contribution in [0.3, 0.4) is 0 Å². The van der Waals surface area contributed by atoms with Gasteiger partial charge in [-0.15, -0.1) is 0 Å². The molecular weight excluding hydrogens is 216 g/mol. The summed E-state index contributed by atoms with van der Waals surface area (Å²) in [5.74, 6) is -0.104. The molecule has 96 valence electrons. The first-order chi connectivity index (χ1) is 8.21. The molecule has 1 amide bonds. The van der Waals surface area contributed by atoms with Crippen molar-refractivity contribution in [1.82, 2.24) is 20.4 Å². The largest absolute Gasteiger partial charge is 0.349 e. The molecule has 5 nitrogen and oxygen atoms in total. The summed E-state index contributed by atoms with van der Waals surface area (Å²) in [6.45, 7) is 9.82. The highest BCUT2D eigenvalue weighted by atomic mass is 16.1. The number of aryl methyl sites for hydroxylation is 1. The van der Waals surface area contributed by atoms with E-state index in [1.165, 1.54) is 0 Å². The van der Waals surface area contributed by atoms with Gasteiger partial charge in [0.25, 0.3) is 5.91 Å². The number of aromatic amines is 1. The zero-order valence-corrected chi connectivity index (χ0v) is 10.9. The highest BCUT2D eigenvalue weighted by Gasteiger charge is 2.09. The van der Waals surface area contributed by atoms with Crippen LogP contribution in [-0.2, 0) is 6.42 Å². The van der Waals surface area contributed by atoms with Crippen molar-refractivity contribution in [2.45, 2.75) is 27.2 Å². The van der Waals surface area contributed by atoms with E-state index in [1.807, 2.05) is 6.92 Å². The molecule has 2 N–H and O–H groups in total. The molecule has 1 rings (SSSR count). The second-order valence-corrected chi connectivity index (χ2v) is 3.91. The number of amides is 1. The van der Waals surface area contributed by atoms with E-state index in [4.69, 9.17) is 0 Å². The molecule has 0 radical (unpaired) electrons. The molecule has 0 spiro atoms. The third kappa shape index (κ3) is 4.19. The maximum Gasteiger partial charge on any atom is 0.271 e. The lowest BCUT2D eigenvalue weighted by molar-refractivity contribution is 0.0944. The molecule has 5 heteroatoms. The predicted molar refractivity (Wildman–Crippen MR) is 68.1 cm³/mol. The van der Waals surface area contributed by atoms with Crippen LogP contribution in [-0.4, -0.2) is 47.2 Å². The minimum absolute atomic E-state index is 0.104. The van der Waals surface area contributed by atoms with Crippen LogP contribution in [0.1, 0.15) is 37.0 Å². The molecule has 1 heterocycles. The van der Waals surface area contributed by atoms with Gasteiger partial charge in [0.1, 0.15) is 5.69 Å². The molecule has 17 heavy (non-hydrogen) atoms. The van der Waals surface area contributed by atoms with Crippen molar-refractivity contribution < 1.29 is 4.79 Å². The lowest BCUT2D eigenvalue weighted by Gasteiger charge is -2.17. The Kier molecular flexibility index (Phi) is 5.69. The standard InChI is InChI=1S/C12H22N4O/c1-4-10-9-11(15-14-10)12(17)13-7-8-16(5-2)6-3/h9H,4-8H2,1-3H3,(H,13,17)(H,14,15). The van der Waals surface area contributed by atoms with Crippen LogP contribution in [0.2, 0.25) is 0 Å². The van der Waals surface area contributed by atoms with E-state index >= 15 is 0 Å². The maximum atomic E-state index is 11.7. The summed E-state index contributed by atoms with van der Waals surface area (Å²) in [6, 6.07) is 1.80. The molecule has 0 aromatic carbocycles. The predicted octanol–water partition coefficient (Wildman–Crippen LogP) is 1.04. The average molecular weight is 238 g/mol. The summed E-state index contributed by atoms with van der Waals surface area (Å²) in [4.78, 5) is 14.0. The van der Waals surface area contributed by atoms with Crippen molar-refractivity contribution in [1.29, 1.82) is 0 Å². The molecule has 1 aromatic rings. The SMILES string of the molecule is CCc1cc(C(=O)NCCN(CC)CC)n[nH]1. The zero-order valence-electron chi connectivity index (χ0n) is 10.9. The van der Waals surface area contributed by atoms with E-state index in [9.17, 15) is 4.79 Å². The Labute approximate surface area is 103 Å². The van der Waals surface area contributed by atoms with Gasteiger partial charge in [-0.25, -0.2) is 0 Å². The van der Waals surface area contributed by atoms with Crippen LogP contribution >= 0.6 is 0 Å². The van der Waals surface area contributed by atoms with E-state index < -0.39 is 0 Å². The number of rotatable bonds is 7. The number of nitrogens with one attached hydrogen (secondary N) is 2. The van der Waals surface area contributed by atoms with Gasteiger partial charge < -0.3 is 10.2 Å². The van der Waals surface area contributed by atoms with Gasteiger partial charge in [0, 0.05) is 18.8 Å². The molecule has 0 aliphatic rings. The Morgan fingerprint density at radius 2 is 2.12 bits per heavy atom. The highest BCUT2D eigenvalue weighted by Crippen LogP contribution is 1.99. The number of hydrogen-bond acceptors (Lipinski definition) is 3. The number of aromatic nitrogens is 2. The van der Waals surface area contributed by atoms with Crippen LogP contribution < -0.4 is 5.32 Å². The summed E-state index contributed by atoms with van der Waals surface area (Å²) in [6.07, 6.45) is 0.861. The van der Waals surface area contributed by atoms with Gasteiger partial charge in [0.05, 0.1) is 0 Å². The maximum absolute atomic E-state index is 11.7. The fourth-order valence-corrected chi connectivity index (χ4v) is 1.62. The molecule has 0 unspecified atom stereocenters. The third-order valence-electron chi connectivity index (χ3n) is 2.85. The van der Waals surface area contributed by atoms with Gasteiger partial charge in [0.2, 0.25) is 0 Å². The molecule has 0 fully saturated rings. The van der Waals surface area contributed by atoms with Crippen LogP contribution in [0.15, 0.2) is 6.07 Å². The lowest BCUT2D eigenvalue weighted by atomic mass is 10.3. The molecule has 0 aliphatic heterocycles. The monoisotopic (exact) mass is 238 g/mol. The molecule has 0 saturated heterocycles. The van der Waals surface area contributed by atoms with E-state index in [0.717, 1.165) is 31.7 Å². The second-order valence-electron chi connectivity index (χ2n) is 3.91. The fraction of sp³-hybridized carbons (Fsp3) is 0.667. The van der Waals surface area contributed by atoms with Crippen molar-refractivity contribution in [2.24, 2.45) is 0 Å². The van der Waals surface area contributed by atoms with Gasteiger partial charge in [-0.2, -0.15) is 5.10 Å². The zero-order chi connectivity index (χ0) is 12.7. The summed E-state index contributed by atoms with van der Waals surface area (Å²) < 4.78 is 0. The van der Waals surface area contributed by atoms with Gasteiger partial charge in [-0.3, -0.25) is 9.89 Å². The summed E-state index contributed by atoms with van der Waals surface area (Å²) in [7, 11) is 0. The molecule has 0 aliphatic carbocycles. The van der Waals surface area contributed by atoms with E-state index in [-0.39, 0.29) is 5.91 Å². The minimum atomic E-state index is -0.104. The molecule has 0 bridgehead atoms. The third-order valence-corrected chi connectivity index (χ3v) is 2.85. The van der Waals surface area contributed by atoms with Gasteiger partial charge in [0.15, 0.2) is 0 Å². The Morgan fingerprint density at radius 1 is 1.41 bits per heavy atom. The van der Waals surface area contributed by atoms with Gasteiger partial charge in [-0.05, 0) is 25.6 Å². The van der Waals surface area contributed by atoms with E-state index in [0.29, 0.717) is 12.2 Å². The Bertz CT molecular complexity index is 344. The van der Waals surface area contributed by atoms with Crippen LogP contribution in [0, 0.1) is 0 Å². The first-order valence-electron chi connectivity index (χ1n) is 6.26. The normalized spacial score (nSPS) is 10.8. The number of hydrogen-bond donors (Lipinski definition) is 2. The smallest absolute Gasteiger partial charge is 0.271 e. The summed E-state index contributed by atoms with van der Waals surface area (Å²) in [5.41, 5.74) is 1.46. The Morgan fingerprint density at radius 3 is 2.65 bits per heavy atom. The average Bonchev–Trinajstić information content (AvgIpc) is 2.83. The number of carbonyl (C=O) groups excluding carboxylic acids is 1. The number of H-pyrrole nitrogens is 1. The van der Waals surface area contributed by atoms with Gasteiger partial charge in [-0.1, -0.05) is 20.8 Å². The van der Waals surface area contributed by atoms with E-state index in [2.05, 4.69) is 34.3 Å². The number of likely N-dealkylation sites (N-methyl/N-ethyl adjacent to an activating group) is 1. The van der Waals surface area contributed by atoms with Crippen LogP contribution in [0.4, 0.5) is 0 Å². The second kappa shape index (κ2) is 7.06. The molecule has 0 atom stereocenters. The molecular formula is C12H22N4O. The quantitative estimate of drug-likeness (QED) is 0.746. The molecule has 0 saturated carbocycles. The van der Waals surface area contributed by atoms with Crippen LogP contribution in [0.25, 0.3) is 0 Å². The number of nitrogens with zero attached hydrogens (tertiary/aromatic N) is 2. The van der Waals surface area contributed by atoms with Crippen LogP contribution in [0.5, 0.6) is 0 Å². The Hall–Kier alpha value is -1.36. The molecule has 1 aromatic heterocycles.